The average molecular weight is 305 g/mol. The highest BCUT2D eigenvalue weighted by Crippen LogP contribution is 2.12. The Morgan fingerprint density at radius 2 is 1.82 bits per heavy atom. The van der Waals surface area contributed by atoms with Gasteiger partial charge in [-0.3, -0.25) is 9.69 Å². The number of morpholine rings is 1. The summed E-state index contributed by atoms with van der Waals surface area (Å²) in [6.45, 7) is 6.74. The molecule has 0 unspecified atom stereocenters. The Labute approximate surface area is 133 Å². The molecule has 1 saturated heterocycles. The Balaban J connectivity index is 1.77. The average Bonchev–Trinajstić information content (AvgIpc) is 2.44. The highest BCUT2D eigenvalue weighted by Gasteiger charge is 2.23. The maximum Gasteiger partial charge on any atom is 0.234 e. The van der Waals surface area contributed by atoms with E-state index in [1.54, 1.807) is 0 Å². The molecule has 0 aliphatic carbocycles. The third kappa shape index (κ3) is 5.00. The van der Waals surface area contributed by atoms with Crippen LogP contribution >= 0.6 is 0 Å². The molecule has 0 bridgehead atoms. The number of amides is 1. The first kappa shape index (κ1) is 16.8. The van der Waals surface area contributed by atoms with Crippen LogP contribution in [0, 0.1) is 0 Å². The normalized spacial score (nSPS) is 22.4. The van der Waals surface area contributed by atoms with Crippen molar-refractivity contribution in [3.63, 3.8) is 0 Å². The number of hydrogen-bond acceptors (Lipinski definition) is 4. The molecule has 1 aromatic rings. The fourth-order valence-electron chi connectivity index (χ4n) is 2.79. The van der Waals surface area contributed by atoms with Gasteiger partial charge in [-0.1, -0.05) is 12.1 Å². The minimum absolute atomic E-state index is 0.0676. The van der Waals surface area contributed by atoms with Crippen LogP contribution in [0.15, 0.2) is 24.3 Å². The van der Waals surface area contributed by atoms with Crippen molar-refractivity contribution in [2.75, 3.05) is 38.6 Å². The second kappa shape index (κ2) is 7.61. The summed E-state index contributed by atoms with van der Waals surface area (Å²) in [6, 6.07) is 8.22. The Morgan fingerprint density at radius 3 is 2.36 bits per heavy atom. The lowest BCUT2D eigenvalue weighted by atomic mass is 10.2. The molecule has 1 aliphatic rings. The van der Waals surface area contributed by atoms with Gasteiger partial charge in [0.2, 0.25) is 5.91 Å². The number of carbonyl (C=O) groups excluding carboxylic acids is 1. The van der Waals surface area contributed by atoms with E-state index in [1.807, 2.05) is 27.9 Å². The van der Waals surface area contributed by atoms with Crippen LogP contribution in [0.4, 0.5) is 5.69 Å². The van der Waals surface area contributed by atoms with Gasteiger partial charge in [0.05, 0.1) is 18.8 Å². The lowest BCUT2D eigenvalue weighted by molar-refractivity contribution is -0.126. The summed E-state index contributed by atoms with van der Waals surface area (Å²) in [5, 5.41) is 2.99. The highest BCUT2D eigenvalue weighted by atomic mass is 16.5. The summed E-state index contributed by atoms with van der Waals surface area (Å²) in [5.74, 6) is 0.0676. The number of hydrogen-bond donors (Lipinski definition) is 1. The zero-order valence-corrected chi connectivity index (χ0v) is 14.0. The van der Waals surface area contributed by atoms with Gasteiger partial charge < -0.3 is 15.0 Å². The van der Waals surface area contributed by atoms with E-state index < -0.39 is 0 Å². The monoisotopic (exact) mass is 305 g/mol. The van der Waals surface area contributed by atoms with Gasteiger partial charge in [-0.05, 0) is 31.5 Å². The van der Waals surface area contributed by atoms with Gasteiger partial charge in [-0.2, -0.15) is 0 Å². The molecule has 2 rings (SSSR count). The van der Waals surface area contributed by atoms with Gasteiger partial charge >= 0.3 is 0 Å². The van der Waals surface area contributed by atoms with Crippen LogP contribution in [-0.2, 0) is 16.1 Å². The molecule has 22 heavy (non-hydrogen) atoms. The molecular formula is C17H27N3O2. The van der Waals surface area contributed by atoms with Crippen molar-refractivity contribution in [3.05, 3.63) is 29.8 Å². The second-order valence-electron chi connectivity index (χ2n) is 6.29. The van der Waals surface area contributed by atoms with E-state index in [0.717, 1.165) is 24.3 Å². The molecule has 5 heteroatoms. The maximum atomic E-state index is 12.1. The van der Waals surface area contributed by atoms with Crippen LogP contribution in [0.5, 0.6) is 0 Å². The van der Waals surface area contributed by atoms with Crippen molar-refractivity contribution in [1.29, 1.82) is 0 Å². The van der Waals surface area contributed by atoms with E-state index >= 15 is 0 Å². The number of rotatable bonds is 5. The zero-order valence-electron chi connectivity index (χ0n) is 14.0. The molecule has 0 aromatic heterocycles. The molecule has 1 aromatic carbocycles. The summed E-state index contributed by atoms with van der Waals surface area (Å²) in [7, 11) is 4.03. The molecule has 0 radical (unpaired) electrons. The maximum absolute atomic E-state index is 12.1. The van der Waals surface area contributed by atoms with Crippen molar-refractivity contribution in [2.45, 2.75) is 32.6 Å². The Morgan fingerprint density at radius 1 is 1.23 bits per heavy atom. The van der Waals surface area contributed by atoms with Gasteiger partial charge in [0.15, 0.2) is 0 Å². The lowest BCUT2D eigenvalue weighted by Gasteiger charge is -2.34. The first-order chi connectivity index (χ1) is 10.4. The predicted molar refractivity (Wildman–Crippen MR) is 89.1 cm³/mol. The molecule has 1 heterocycles. The van der Waals surface area contributed by atoms with Crippen molar-refractivity contribution in [1.82, 2.24) is 10.2 Å². The Bertz CT molecular complexity index is 477. The summed E-state index contributed by atoms with van der Waals surface area (Å²) in [6.07, 6.45) is 0.380. The third-order valence-corrected chi connectivity index (χ3v) is 3.80. The highest BCUT2D eigenvalue weighted by molar-refractivity contribution is 5.78. The number of nitrogens with one attached hydrogen (secondary N) is 1. The quantitative estimate of drug-likeness (QED) is 0.895. The van der Waals surface area contributed by atoms with Crippen molar-refractivity contribution >= 4 is 11.6 Å². The molecule has 1 N–H and O–H groups in total. The molecule has 1 aliphatic heterocycles. The van der Waals surface area contributed by atoms with Crippen molar-refractivity contribution < 1.29 is 9.53 Å². The minimum atomic E-state index is 0.0676. The molecule has 0 spiro atoms. The predicted octanol–water partition coefficient (Wildman–Crippen LogP) is 1.48. The van der Waals surface area contributed by atoms with Crippen LogP contribution < -0.4 is 10.2 Å². The summed E-state index contributed by atoms with van der Waals surface area (Å²) < 4.78 is 5.68. The van der Waals surface area contributed by atoms with E-state index in [9.17, 15) is 4.79 Å². The number of ether oxygens (including phenoxy) is 1. The van der Waals surface area contributed by atoms with E-state index in [0.29, 0.717) is 13.1 Å². The van der Waals surface area contributed by atoms with E-state index in [1.165, 1.54) is 0 Å². The van der Waals surface area contributed by atoms with Gasteiger partial charge in [0.25, 0.3) is 0 Å². The third-order valence-electron chi connectivity index (χ3n) is 3.80. The van der Waals surface area contributed by atoms with Gasteiger partial charge in [-0.15, -0.1) is 0 Å². The minimum Gasteiger partial charge on any atom is -0.378 e. The molecule has 1 fully saturated rings. The van der Waals surface area contributed by atoms with Crippen LogP contribution in [0.25, 0.3) is 0 Å². The van der Waals surface area contributed by atoms with Crippen LogP contribution in [-0.4, -0.2) is 56.7 Å². The Kier molecular flexibility index (Phi) is 5.80. The van der Waals surface area contributed by atoms with Gasteiger partial charge in [0.1, 0.15) is 0 Å². The first-order valence-electron chi connectivity index (χ1n) is 7.85. The smallest absolute Gasteiger partial charge is 0.234 e. The molecule has 5 nitrogen and oxygen atoms in total. The fourth-order valence-corrected chi connectivity index (χ4v) is 2.79. The molecular weight excluding hydrogens is 278 g/mol. The first-order valence-corrected chi connectivity index (χ1v) is 7.85. The number of benzene rings is 1. The Hall–Kier alpha value is -1.59. The topological polar surface area (TPSA) is 44.8 Å². The van der Waals surface area contributed by atoms with Crippen LogP contribution in [0.2, 0.25) is 0 Å². The van der Waals surface area contributed by atoms with Crippen LogP contribution in [0.3, 0.4) is 0 Å². The van der Waals surface area contributed by atoms with E-state index in [-0.39, 0.29) is 18.1 Å². The standard InChI is InChI=1S/C17H27N3O2/c1-13-10-20(11-14(2)22-13)12-17(21)18-9-15-5-7-16(8-6-15)19(3)4/h5-8,13-14H,9-12H2,1-4H3,(H,18,21)/t13-,14-/m0/s1. The number of carbonyl (C=O) groups is 1. The largest absolute Gasteiger partial charge is 0.378 e. The number of nitrogens with zero attached hydrogens (tertiary/aromatic N) is 2. The van der Waals surface area contributed by atoms with Crippen molar-refractivity contribution in [2.24, 2.45) is 0 Å². The lowest BCUT2D eigenvalue weighted by Crippen LogP contribution is -2.49. The summed E-state index contributed by atoms with van der Waals surface area (Å²) >= 11 is 0. The molecule has 1 amide bonds. The number of anilines is 1. The second-order valence-corrected chi connectivity index (χ2v) is 6.29. The van der Waals surface area contributed by atoms with Gasteiger partial charge in [-0.25, -0.2) is 0 Å². The van der Waals surface area contributed by atoms with Crippen molar-refractivity contribution in [3.8, 4) is 0 Å². The molecule has 122 valence electrons. The van der Waals surface area contributed by atoms with Gasteiger partial charge in [0, 0.05) is 39.4 Å². The molecule has 0 saturated carbocycles. The zero-order chi connectivity index (χ0) is 16.1. The summed E-state index contributed by atoms with van der Waals surface area (Å²) in [5.41, 5.74) is 2.27. The fraction of sp³-hybridized carbons (Fsp3) is 0.588. The SMILES string of the molecule is C[C@H]1CN(CC(=O)NCc2ccc(N(C)C)cc2)C[C@H](C)O1. The van der Waals surface area contributed by atoms with E-state index in [2.05, 4.69) is 39.4 Å². The summed E-state index contributed by atoms with van der Waals surface area (Å²) in [4.78, 5) is 16.3. The molecule has 2 atom stereocenters. The van der Waals surface area contributed by atoms with Crippen LogP contribution in [0.1, 0.15) is 19.4 Å². The van der Waals surface area contributed by atoms with E-state index in [4.69, 9.17) is 4.74 Å².